The number of carbonyl (C=O) groups is 1. The fraction of sp³-hybridized carbons (Fsp3) is 0.750. The molecule has 0 aromatic heterocycles. The third-order valence-corrected chi connectivity index (χ3v) is 1.76. The minimum absolute atomic E-state index is 0. The smallest absolute Gasteiger partial charge is 0.320 e. The summed E-state index contributed by atoms with van der Waals surface area (Å²) in [4.78, 5) is 10.0. The monoisotopic (exact) mass is 219 g/mol. The highest BCUT2D eigenvalue weighted by Crippen LogP contribution is 1.92. The maximum atomic E-state index is 10.1. The lowest BCUT2D eigenvalue weighted by Gasteiger charge is -2.02. The summed E-state index contributed by atoms with van der Waals surface area (Å²) in [6.45, 7) is 0. The van der Waals surface area contributed by atoms with Crippen LogP contribution in [-0.2, 0) is 14.9 Å². The number of rotatable bonds is 4. The third-order valence-electron chi connectivity index (χ3n) is 1.00. The molecule has 0 rings (SSSR count). The highest BCUT2D eigenvalue weighted by atomic mass is 35.5. The summed E-state index contributed by atoms with van der Waals surface area (Å²) < 4.78 is 28.3. The number of aliphatic carboxylic acids is 1. The van der Waals surface area contributed by atoms with Crippen LogP contribution in [0, 0.1) is 0 Å². The molecule has 0 aliphatic heterocycles. The van der Waals surface area contributed by atoms with E-state index in [1.54, 1.807) is 0 Å². The molecule has 0 bridgehead atoms. The second kappa shape index (κ2) is 5.31. The summed E-state index contributed by atoms with van der Waals surface area (Å²) >= 11 is 0. The van der Waals surface area contributed by atoms with Crippen molar-refractivity contribution < 1.29 is 22.9 Å². The third kappa shape index (κ3) is 7.73. The van der Waals surface area contributed by atoms with Gasteiger partial charge in [0.25, 0.3) is 10.1 Å². The van der Waals surface area contributed by atoms with Crippen LogP contribution in [-0.4, -0.2) is 35.8 Å². The Kier molecular flexibility index (Phi) is 6.27. The fourth-order valence-electron chi connectivity index (χ4n) is 0.399. The molecule has 0 aromatic carbocycles. The van der Waals surface area contributed by atoms with Gasteiger partial charge in [0, 0.05) is 0 Å². The molecule has 8 heteroatoms. The minimum atomic E-state index is -4.10. The van der Waals surface area contributed by atoms with Gasteiger partial charge in [0.05, 0.1) is 5.75 Å². The van der Waals surface area contributed by atoms with Crippen LogP contribution in [0.3, 0.4) is 0 Å². The second-order valence-electron chi connectivity index (χ2n) is 2.02. The average Bonchev–Trinajstić information content (AvgIpc) is 1.80. The number of hydrogen-bond donors (Lipinski definition) is 3. The van der Waals surface area contributed by atoms with E-state index in [4.69, 9.17) is 15.4 Å². The van der Waals surface area contributed by atoms with Crippen LogP contribution in [0.25, 0.3) is 0 Å². The van der Waals surface area contributed by atoms with Gasteiger partial charge in [-0.2, -0.15) is 8.42 Å². The molecule has 0 aromatic rings. The summed E-state index contributed by atoms with van der Waals surface area (Å²) in [6.07, 6.45) is -0.284. The van der Waals surface area contributed by atoms with E-state index in [1.165, 1.54) is 0 Å². The van der Waals surface area contributed by atoms with E-state index in [0.29, 0.717) is 0 Å². The fourth-order valence-corrected chi connectivity index (χ4v) is 0.951. The molecule has 0 radical (unpaired) electrons. The van der Waals surface area contributed by atoms with Gasteiger partial charge in [-0.3, -0.25) is 9.35 Å². The average molecular weight is 220 g/mol. The maximum absolute atomic E-state index is 10.1. The van der Waals surface area contributed by atoms with Crippen LogP contribution in [0.4, 0.5) is 0 Å². The molecule has 1 atom stereocenters. The molecule has 0 fully saturated rings. The molecular weight excluding hydrogens is 210 g/mol. The van der Waals surface area contributed by atoms with Crippen molar-refractivity contribution >= 4 is 28.5 Å². The summed E-state index contributed by atoms with van der Waals surface area (Å²) in [6, 6.07) is -1.24. The Balaban J connectivity index is 0. The lowest BCUT2D eigenvalue weighted by Crippen LogP contribution is -2.32. The van der Waals surface area contributed by atoms with E-state index in [0.717, 1.165) is 0 Å². The van der Waals surface area contributed by atoms with E-state index in [9.17, 15) is 13.2 Å². The molecular formula is C4H10ClNO5S. The predicted molar refractivity (Wildman–Crippen MR) is 43.9 cm³/mol. The Morgan fingerprint density at radius 1 is 1.50 bits per heavy atom. The molecule has 4 N–H and O–H groups in total. The summed E-state index contributed by atoms with van der Waals surface area (Å²) in [5.74, 6) is -1.91. The van der Waals surface area contributed by atoms with Gasteiger partial charge in [-0.05, 0) is 6.42 Å². The summed E-state index contributed by atoms with van der Waals surface area (Å²) in [5.41, 5.74) is 4.95. The Bertz CT molecular complexity index is 238. The van der Waals surface area contributed by atoms with Gasteiger partial charge >= 0.3 is 5.97 Å². The van der Waals surface area contributed by atoms with Crippen LogP contribution < -0.4 is 5.73 Å². The number of nitrogens with two attached hydrogens (primary N) is 1. The van der Waals surface area contributed by atoms with Crippen molar-refractivity contribution in [3.05, 3.63) is 0 Å². The SMILES string of the molecule is Cl.N[C@@H](CCS(=O)(=O)O)C(=O)O. The van der Waals surface area contributed by atoms with Crippen molar-refractivity contribution in [3.63, 3.8) is 0 Å². The van der Waals surface area contributed by atoms with Crippen molar-refractivity contribution in [1.29, 1.82) is 0 Å². The number of halogens is 1. The van der Waals surface area contributed by atoms with Crippen LogP contribution in [0.1, 0.15) is 6.42 Å². The standard InChI is InChI=1S/C4H9NO5S.ClH/c5-3(4(6)7)1-2-11(8,9)10;/h3H,1-2,5H2,(H,6,7)(H,8,9,10);1H/t3-;/m0./s1. The number of carboxylic acid groups (broad SMARTS) is 1. The van der Waals surface area contributed by atoms with Crippen molar-refractivity contribution in [1.82, 2.24) is 0 Å². The van der Waals surface area contributed by atoms with Crippen LogP contribution in [0.5, 0.6) is 0 Å². The van der Waals surface area contributed by atoms with Crippen LogP contribution in [0.2, 0.25) is 0 Å². The van der Waals surface area contributed by atoms with Crippen molar-refractivity contribution in [2.75, 3.05) is 5.75 Å². The summed E-state index contributed by atoms with van der Waals surface area (Å²) in [7, 11) is -4.10. The lowest BCUT2D eigenvalue weighted by molar-refractivity contribution is -0.138. The zero-order chi connectivity index (χ0) is 9.07. The van der Waals surface area contributed by atoms with Crippen LogP contribution in [0.15, 0.2) is 0 Å². The predicted octanol–water partition coefficient (Wildman–Crippen LogP) is -0.902. The molecule has 0 aliphatic carbocycles. The van der Waals surface area contributed by atoms with Gasteiger partial charge in [0.15, 0.2) is 0 Å². The topological polar surface area (TPSA) is 118 Å². The summed E-state index contributed by atoms with van der Waals surface area (Å²) in [5, 5.41) is 8.18. The van der Waals surface area contributed by atoms with Gasteiger partial charge in [0.1, 0.15) is 6.04 Å². The molecule has 6 nitrogen and oxygen atoms in total. The molecule has 12 heavy (non-hydrogen) atoms. The van der Waals surface area contributed by atoms with E-state index in [2.05, 4.69) is 0 Å². The first-order chi connectivity index (χ1) is 4.83. The van der Waals surface area contributed by atoms with Gasteiger partial charge in [-0.15, -0.1) is 12.4 Å². The van der Waals surface area contributed by atoms with E-state index >= 15 is 0 Å². The highest BCUT2D eigenvalue weighted by molar-refractivity contribution is 7.85. The molecule has 0 amide bonds. The Labute approximate surface area is 75.9 Å². The van der Waals surface area contributed by atoms with Gasteiger partial charge in [-0.1, -0.05) is 0 Å². The lowest BCUT2D eigenvalue weighted by atomic mass is 10.2. The second-order valence-corrected chi connectivity index (χ2v) is 3.59. The van der Waals surface area contributed by atoms with E-state index in [1.807, 2.05) is 0 Å². The first kappa shape index (κ1) is 14.2. The first-order valence-corrected chi connectivity index (χ1v) is 4.37. The maximum Gasteiger partial charge on any atom is 0.320 e. The highest BCUT2D eigenvalue weighted by Gasteiger charge is 2.14. The number of hydrogen-bond acceptors (Lipinski definition) is 4. The van der Waals surface area contributed by atoms with Crippen LogP contribution >= 0.6 is 12.4 Å². The number of carboxylic acids is 1. The molecule has 0 saturated heterocycles. The van der Waals surface area contributed by atoms with Crippen molar-refractivity contribution in [3.8, 4) is 0 Å². The molecule has 0 heterocycles. The minimum Gasteiger partial charge on any atom is -0.480 e. The molecule has 0 saturated carbocycles. The Morgan fingerprint density at radius 2 is 1.92 bits per heavy atom. The largest absolute Gasteiger partial charge is 0.480 e. The molecule has 0 aliphatic rings. The molecule has 0 unspecified atom stereocenters. The van der Waals surface area contributed by atoms with E-state index < -0.39 is 27.9 Å². The normalized spacial score (nSPS) is 13.2. The zero-order valence-corrected chi connectivity index (χ0v) is 7.64. The van der Waals surface area contributed by atoms with E-state index in [-0.39, 0.29) is 18.8 Å². The van der Waals surface area contributed by atoms with Gasteiger partial charge in [-0.25, -0.2) is 0 Å². The Morgan fingerprint density at radius 3 is 2.17 bits per heavy atom. The molecule has 0 spiro atoms. The first-order valence-electron chi connectivity index (χ1n) is 2.76. The van der Waals surface area contributed by atoms with Crippen molar-refractivity contribution in [2.24, 2.45) is 5.73 Å². The zero-order valence-electron chi connectivity index (χ0n) is 6.00. The van der Waals surface area contributed by atoms with Gasteiger partial charge in [0.2, 0.25) is 0 Å². The quantitative estimate of drug-likeness (QED) is 0.528. The van der Waals surface area contributed by atoms with Crippen molar-refractivity contribution in [2.45, 2.75) is 12.5 Å². The van der Waals surface area contributed by atoms with Gasteiger partial charge < -0.3 is 10.8 Å². The molecule has 74 valence electrons. The Hall–Kier alpha value is -0.370.